The van der Waals surface area contributed by atoms with Gasteiger partial charge >= 0.3 is 6.18 Å². The molecule has 5 rings (SSSR count). The summed E-state index contributed by atoms with van der Waals surface area (Å²) in [6.45, 7) is 0.534. The predicted octanol–water partition coefficient (Wildman–Crippen LogP) is 5.97. The van der Waals surface area contributed by atoms with E-state index in [2.05, 4.69) is 5.32 Å². The molecular formula is C28H25F3N2O4S2. The molecule has 1 saturated heterocycles. The Morgan fingerprint density at radius 2 is 1.77 bits per heavy atom. The molecule has 0 radical (unpaired) electrons. The summed E-state index contributed by atoms with van der Waals surface area (Å²) in [5, 5.41) is 3.69. The number of nitrogens with zero attached hydrogens (tertiary/aromatic N) is 1. The lowest BCUT2D eigenvalue weighted by Gasteiger charge is -2.22. The van der Waals surface area contributed by atoms with Gasteiger partial charge in [-0.3, -0.25) is 4.79 Å². The summed E-state index contributed by atoms with van der Waals surface area (Å²) in [7, 11) is -3.82. The number of rotatable bonds is 8. The third kappa shape index (κ3) is 6.10. The number of amides is 1. The Morgan fingerprint density at radius 3 is 2.51 bits per heavy atom. The van der Waals surface area contributed by atoms with Crippen LogP contribution in [-0.2, 0) is 34.1 Å². The van der Waals surface area contributed by atoms with Crippen molar-refractivity contribution in [3.63, 3.8) is 0 Å². The smallest absolute Gasteiger partial charge is 0.416 e. The second kappa shape index (κ2) is 11.0. The Kier molecular flexibility index (Phi) is 7.66. The second-order valence-electron chi connectivity index (χ2n) is 9.23. The zero-order chi connectivity index (χ0) is 27.6. The number of nitrogens with one attached hydrogen (secondary N) is 1. The van der Waals surface area contributed by atoms with E-state index in [1.54, 1.807) is 30.3 Å². The van der Waals surface area contributed by atoms with Crippen LogP contribution in [0.5, 0.6) is 5.75 Å². The molecule has 0 unspecified atom stereocenters. The number of alkyl halides is 3. The van der Waals surface area contributed by atoms with Crippen molar-refractivity contribution in [2.75, 3.05) is 6.54 Å². The molecule has 1 amide bonds. The SMILES string of the molecule is O=C(NCc1cccc(OCc2ccc(C(F)(F)F)cc2)c1)[C@@H]1CCCN1S(=O)(=O)c1cc2ccccc2s1. The van der Waals surface area contributed by atoms with Gasteiger partial charge in [0.25, 0.3) is 10.0 Å². The molecule has 1 aliphatic rings. The van der Waals surface area contributed by atoms with Crippen LogP contribution >= 0.6 is 11.3 Å². The lowest BCUT2D eigenvalue weighted by molar-refractivity contribution is -0.137. The number of ether oxygens (including phenoxy) is 1. The molecule has 0 bridgehead atoms. The average Bonchev–Trinajstić information content (AvgIpc) is 3.59. The average molecular weight is 575 g/mol. The van der Waals surface area contributed by atoms with E-state index >= 15 is 0 Å². The van der Waals surface area contributed by atoms with Gasteiger partial charge in [-0.15, -0.1) is 11.3 Å². The lowest BCUT2D eigenvalue weighted by Crippen LogP contribution is -2.45. The van der Waals surface area contributed by atoms with E-state index in [-0.39, 0.29) is 29.8 Å². The number of sulfonamides is 1. The van der Waals surface area contributed by atoms with Crippen molar-refractivity contribution in [3.8, 4) is 5.75 Å². The van der Waals surface area contributed by atoms with E-state index in [9.17, 15) is 26.4 Å². The summed E-state index contributed by atoms with van der Waals surface area (Å²) in [5.74, 6) is 0.129. The number of carbonyl (C=O) groups excluding carboxylic acids is 1. The lowest BCUT2D eigenvalue weighted by atomic mass is 10.1. The zero-order valence-electron chi connectivity index (χ0n) is 20.6. The van der Waals surface area contributed by atoms with Crippen molar-refractivity contribution < 1.29 is 31.1 Å². The van der Waals surface area contributed by atoms with Gasteiger partial charge in [-0.1, -0.05) is 42.5 Å². The highest BCUT2D eigenvalue weighted by molar-refractivity contribution is 7.91. The first-order valence-corrected chi connectivity index (χ1v) is 14.5. The van der Waals surface area contributed by atoms with Gasteiger partial charge in [0.2, 0.25) is 5.91 Å². The van der Waals surface area contributed by atoms with E-state index < -0.39 is 27.8 Å². The van der Waals surface area contributed by atoms with Gasteiger partial charge in [-0.2, -0.15) is 17.5 Å². The Morgan fingerprint density at radius 1 is 1.00 bits per heavy atom. The van der Waals surface area contributed by atoms with E-state index in [0.29, 0.717) is 24.2 Å². The van der Waals surface area contributed by atoms with Gasteiger partial charge in [-0.05, 0) is 65.8 Å². The molecule has 1 fully saturated rings. The quantitative estimate of drug-likeness (QED) is 0.282. The van der Waals surface area contributed by atoms with E-state index in [1.165, 1.54) is 27.8 Å². The number of benzene rings is 3. The highest BCUT2D eigenvalue weighted by Gasteiger charge is 2.40. The fourth-order valence-electron chi connectivity index (χ4n) is 4.50. The molecule has 1 atom stereocenters. The molecule has 204 valence electrons. The number of hydrogen-bond donors (Lipinski definition) is 1. The predicted molar refractivity (Wildman–Crippen MR) is 143 cm³/mol. The van der Waals surface area contributed by atoms with E-state index in [1.807, 2.05) is 24.3 Å². The van der Waals surface area contributed by atoms with E-state index in [0.717, 1.165) is 27.8 Å². The van der Waals surface area contributed by atoms with Gasteiger partial charge in [0, 0.05) is 17.8 Å². The van der Waals surface area contributed by atoms with Gasteiger partial charge in [0.1, 0.15) is 22.6 Å². The minimum atomic E-state index is -4.39. The summed E-state index contributed by atoms with van der Waals surface area (Å²) in [6.07, 6.45) is -3.36. The molecule has 1 aromatic heterocycles. The van der Waals surface area contributed by atoms with Crippen LogP contribution in [0.15, 0.2) is 83.1 Å². The highest BCUT2D eigenvalue weighted by Crippen LogP contribution is 2.34. The molecular weight excluding hydrogens is 549 g/mol. The van der Waals surface area contributed by atoms with Crippen molar-refractivity contribution in [3.05, 3.63) is 95.6 Å². The van der Waals surface area contributed by atoms with Crippen LogP contribution in [0, 0.1) is 0 Å². The fourth-order valence-corrected chi connectivity index (χ4v) is 7.68. The molecule has 0 spiro atoms. The first kappa shape index (κ1) is 27.2. The minimum Gasteiger partial charge on any atom is -0.489 e. The van der Waals surface area contributed by atoms with Crippen LogP contribution in [0.25, 0.3) is 10.1 Å². The molecule has 11 heteroatoms. The maximum atomic E-state index is 13.4. The van der Waals surface area contributed by atoms with E-state index in [4.69, 9.17) is 4.74 Å². The Bertz CT molecular complexity index is 1550. The molecule has 1 aliphatic heterocycles. The Balaban J connectivity index is 1.20. The fraction of sp³-hybridized carbons (Fsp3) is 0.250. The maximum Gasteiger partial charge on any atom is 0.416 e. The summed E-state index contributed by atoms with van der Waals surface area (Å²) >= 11 is 1.20. The van der Waals surface area contributed by atoms with Crippen molar-refractivity contribution >= 4 is 37.4 Å². The number of thiophene rings is 1. The van der Waals surface area contributed by atoms with Gasteiger partial charge in [-0.25, -0.2) is 8.42 Å². The first-order chi connectivity index (χ1) is 18.6. The summed E-state index contributed by atoms with van der Waals surface area (Å²) in [6, 6.07) is 20.0. The van der Waals surface area contributed by atoms with Crippen LogP contribution in [0.4, 0.5) is 13.2 Å². The van der Waals surface area contributed by atoms with Crippen molar-refractivity contribution in [1.82, 2.24) is 9.62 Å². The Hall–Kier alpha value is -3.41. The zero-order valence-corrected chi connectivity index (χ0v) is 22.3. The molecule has 0 aliphatic carbocycles. The minimum absolute atomic E-state index is 0.0839. The summed E-state index contributed by atoms with van der Waals surface area (Å²) in [5.41, 5.74) is 0.606. The molecule has 2 heterocycles. The van der Waals surface area contributed by atoms with Gasteiger partial charge in [0.15, 0.2) is 0 Å². The van der Waals surface area contributed by atoms with Crippen molar-refractivity contribution in [1.29, 1.82) is 0 Å². The molecule has 39 heavy (non-hydrogen) atoms. The third-order valence-electron chi connectivity index (χ3n) is 6.52. The van der Waals surface area contributed by atoms with Crippen LogP contribution in [0.1, 0.15) is 29.5 Å². The normalized spacial score (nSPS) is 16.4. The van der Waals surface area contributed by atoms with Crippen LogP contribution in [0.3, 0.4) is 0 Å². The molecule has 4 aromatic rings. The monoisotopic (exact) mass is 574 g/mol. The highest BCUT2D eigenvalue weighted by atomic mass is 32.2. The number of halogens is 3. The maximum absolute atomic E-state index is 13.4. The largest absolute Gasteiger partial charge is 0.489 e. The summed E-state index contributed by atoms with van der Waals surface area (Å²) in [4.78, 5) is 13.0. The standard InChI is InChI=1S/C28H25F3N2O4S2/c29-28(30,31)22-12-10-19(11-13-22)18-37-23-7-3-5-20(15-23)17-32-27(34)24-8-4-14-33(24)39(35,36)26-16-21-6-1-2-9-25(21)38-26/h1-3,5-7,9-13,15-16,24H,4,8,14,17-18H2,(H,32,34)/t24-/m0/s1. The number of carbonyl (C=O) groups is 1. The number of hydrogen-bond acceptors (Lipinski definition) is 5. The van der Waals surface area contributed by atoms with Crippen LogP contribution in [-0.4, -0.2) is 31.2 Å². The third-order valence-corrected chi connectivity index (χ3v) is 10.00. The van der Waals surface area contributed by atoms with Crippen molar-refractivity contribution in [2.45, 2.75) is 42.4 Å². The summed E-state index contributed by atoms with van der Waals surface area (Å²) < 4.78 is 73.1. The molecule has 1 N–H and O–H groups in total. The van der Waals surface area contributed by atoms with Crippen molar-refractivity contribution in [2.24, 2.45) is 0 Å². The van der Waals surface area contributed by atoms with Gasteiger partial charge in [0.05, 0.1) is 5.56 Å². The number of fused-ring (bicyclic) bond motifs is 1. The van der Waals surface area contributed by atoms with Crippen LogP contribution < -0.4 is 10.1 Å². The second-order valence-corrected chi connectivity index (χ2v) is 12.4. The Labute approximate surface area is 228 Å². The van der Waals surface area contributed by atoms with Gasteiger partial charge < -0.3 is 10.1 Å². The first-order valence-electron chi connectivity index (χ1n) is 12.3. The van der Waals surface area contributed by atoms with Crippen LogP contribution in [0.2, 0.25) is 0 Å². The molecule has 0 saturated carbocycles. The molecule has 3 aromatic carbocycles. The molecule has 6 nitrogen and oxygen atoms in total. The topological polar surface area (TPSA) is 75.7 Å².